The summed E-state index contributed by atoms with van der Waals surface area (Å²) in [4.78, 5) is 45.9. The van der Waals surface area contributed by atoms with Crippen molar-refractivity contribution < 1.29 is 47.8 Å². The van der Waals surface area contributed by atoms with Crippen LogP contribution >= 0.6 is 7.82 Å². The first-order valence-corrected chi connectivity index (χ1v) is 24.1. The van der Waals surface area contributed by atoms with Crippen molar-refractivity contribution in [2.24, 2.45) is 0 Å². The molecule has 3 unspecified atom stereocenters. The predicted molar refractivity (Wildman–Crippen MR) is 244 cm³/mol. The number of unbranched alkanes of at least 4 members (excludes halogenated alkanes) is 13. The van der Waals surface area contributed by atoms with Gasteiger partial charge in [-0.15, -0.1) is 0 Å². The van der Waals surface area contributed by atoms with Crippen molar-refractivity contribution in [3.05, 3.63) is 85.1 Å². The first kappa shape index (κ1) is 56.7. The fraction of sp³-hybridized carbons (Fsp3) is 0.646. The highest BCUT2D eigenvalue weighted by Crippen LogP contribution is 2.43. The number of ether oxygens (including phenoxy) is 1. The molecule has 1 amide bonds. The lowest BCUT2D eigenvalue weighted by molar-refractivity contribution is -0.147. The van der Waals surface area contributed by atoms with Crippen molar-refractivity contribution in [2.75, 3.05) is 19.8 Å². The lowest BCUT2D eigenvalue weighted by Crippen LogP contribution is -2.43. The molecule has 0 aliphatic heterocycles. The van der Waals surface area contributed by atoms with E-state index in [1.54, 1.807) is 0 Å². The van der Waals surface area contributed by atoms with Crippen LogP contribution in [0.3, 0.4) is 0 Å². The Morgan fingerprint density at radius 2 is 0.967 bits per heavy atom. The Balaban J connectivity index is 4.02. The number of esters is 1. The first-order valence-electron chi connectivity index (χ1n) is 22.6. The minimum atomic E-state index is -4.78. The monoisotopic (exact) mass is 862 g/mol. The van der Waals surface area contributed by atoms with Crippen molar-refractivity contribution in [1.29, 1.82) is 0 Å². The molecule has 0 aromatic heterocycles. The molecule has 0 aromatic rings. The number of carboxylic acid groups (broad SMARTS) is 1. The topological polar surface area (TPSA) is 169 Å². The average molecular weight is 862 g/mol. The number of allylic oxidation sites excluding steroid dienone is 14. The maximum atomic E-state index is 12.3. The van der Waals surface area contributed by atoms with Gasteiger partial charge in [0, 0.05) is 12.8 Å². The third-order valence-corrected chi connectivity index (χ3v) is 10.1. The number of nitrogens with one attached hydrogen (secondary N) is 1. The van der Waals surface area contributed by atoms with Gasteiger partial charge in [0.25, 0.3) is 0 Å². The third kappa shape index (κ3) is 41.4. The number of carbonyl (C=O) groups excluding carboxylic acids is 2. The first-order chi connectivity index (χ1) is 29.1. The van der Waals surface area contributed by atoms with Crippen LogP contribution in [0.25, 0.3) is 0 Å². The average Bonchev–Trinajstić information content (AvgIpc) is 3.22. The molecule has 342 valence electrons. The highest BCUT2D eigenvalue weighted by atomic mass is 31.2. The number of phosphoric ester groups is 1. The van der Waals surface area contributed by atoms with E-state index in [1.807, 2.05) is 12.2 Å². The SMILES string of the molecule is CC/C=C\C/C=C\C/C=C\C/C=C\C/C=C\C/C=C\C/C=C\CCCC(=O)NC(COP(=O)(O)OCC(O)COC(=O)CCCCCCCCCCCCCCC)C(=O)O. The smallest absolute Gasteiger partial charge is 0.472 e. The number of rotatable bonds is 41. The zero-order chi connectivity index (χ0) is 44.2. The standard InChI is InChI=1S/C48H80NO10P/c1-3-5-7-9-11-13-15-17-18-19-20-21-22-23-24-25-26-28-29-31-33-35-37-39-46(51)49-45(48(53)54)43-59-60(55,56)58-42-44(50)41-57-47(52)40-38-36-34-32-30-27-16-14-12-10-8-6-4-2/h5,7,11,13,17-18,20-21,23-24,26,28,31,33,44-45,50H,3-4,6,8-10,12,14-16,19,22,25,27,29-30,32,34-43H2,1-2H3,(H,49,51)(H,53,54)(H,55,56)/b7-5-,13-11-,18-17-,21-20-,24-23-,28-26-,33-31-. The van der Waals surface area contributed by atoms with Gasteiger partial charge >= 0.3 is 19.8 Å². The lowest BCUT2D eigenvalue weighted by Gasteiger charge is -2.18. The van der Waals surface area contributed by atoms with E-state index >= 15 is 0 Å². The summed E-state index contributed by atoms with van der Waals surface area (Å²) < 4.78 is 26.8. The fourth-order valence-corrected chi connectivity index (χ4v) is 6.49. The molecule has 0 saturated carbocycles. The zero-order valence-corrected chi connectivity index (χ0v) is 37.9. The highest BCUT2D eigenvalue weighted by Gasteiger charge is 2.28. The number of carboxylic acids is 1. The Kier molecular flexibility index (Phi) is 40.0. The quantitative estimate of drug-likeness (QED) is 0.0201. The predicted octanol–water partition coefficient (Wildman–Crippen LogP) is 11.9. The summed E-state index contributed by atoms with van der Waals surface area (Å²) in [6, 6.07) is -1.58. The van der Waals surface area contributed by atoms with Gasteiger partial charge in [0.1, 0.15) is 12.7 Å². The fourth-order valence-electron chi connectivity index (χ4n) is 5.72. The Labute approximate surface area is 362 Å². The largest absolute Gasteiger partial charge is 0.480 e. The van der Waals surface area contributed by atoms with Crippen molar-refractivity contribution in [3.63, 3.8) is 0 Å². The minimum Gasteiger partial charge on any atom is -0.480 e. The van der Waals surface area contributed by atoms with Crippen LogP contribution in [0.15, 0.2) is 85.1 Å². The number of aliphatic hydroxyl groups is 1. The van der Waals surface area contributed by atoms with Gasteiger partial charge in [0.05, 0.1) is 13.2 Å². The summed E-state index contributed by atoms with van der Waals surface area (Å²) in [5.74, 6) is -2.46. The second-order valence-corrected chi connectivity index (χ2v) is 16.3. The number of carbonyl (C=O) groups is 3. The second kappa shape index (κ2) is 42.4. The molecule has 3 atom stereocenters. The Hall–Kier alpha value is -3.34. The number of hydrogen-bond donors (Lipinski definition) is 4. The molecule has 0 heterocycles. The number of phosphoric acid groups is 1. The molecule has 12 heteroatoms. The Morgan fingerprint density at radius 3 is 1.42 bits per heavy atom. The van der Waals surface area contributed by atoms with Crippen LogP contribution < -0.4 is 5.32 Å². The Morgan fingerprint density at radius 1 is 0.550 bits per heavy atom. The minimum absolute atomic E-state index is 0.0611. The van der Waals surface area contributed by atoms with Crippen LogP contribution in [0.4, 0.5) is 0 Å². The zero-order valence-electron chi connectivity index (χ0n) is 37.0. The van der Waals surface area contributed by atoms with E-state index in [0.717, 1.165) is 64.2 Å². The van der Waals surface area contributed by atoms with Gasteiger partial charge in [-0.1, -0.05) is 176 Å². The molecule has 0 saturated heterocycles. The van der Waals surface area contributed by atoms with E-state index in [-0.39, 0.29) is 12.8 Å². The van der Waals surface area contributed by atoms with E-state index < -0.39 is 57.6 Å². The van der Waals surface area contributed by atoms with Crippen molar-refractivity contribution >= 4 is 25.7 Å². The number of aliphatic carboxylic acids is 1. The third-order valence-electron chi connectivity index (χ3n) is 9.20. The normalized spacial score (nSPS) is 14.5. The molecule has 60 heavy (non-hydrogen) atoms. The molecule has 0 bridgehead atoms. The second-order valence-electron chi connectivity index (χ2n) is 14.9. The van der Waals surface area contributed by atoms with E-state index in [9.17, 15) is 34.1 Å². The lowest BCUT2D eigenvalue weighted by atomic mass is 10.0. The molecule has 0 spiro atoms. The summed E-state index contributed by atoms with van der Waals surface area (Å²) in [7, 11) is -4.78. The van der Waals surface area contributed by atoms with Gasteiger partial charge in [0.2, 0.25) is 5.91 Å². The molecule has 0 radical (unpaired) electrons. The molecule has 0 aliphatic carbocycles. The van der Waals surface area contributed by atoms with Gasteiger partial charge in [-0.2, -0.15) is 0 Å². The molecule has 11 nitrogen and oxygen atoms in total. The maximum absolute atomic E-state index is 12.3. The molecule has 0 fully saturated rings. The molecule has 0 rings (SSSR count). The molecular formula is C48H80NO10P. The van der Waals surface area contributed by atoms with Crippen LogP contribution in [0.1, 0.15) is 168 Å². The number of aliphatic hydroxyl groups excluding tert-OH is 1. The number of amides is 1. The maximum Gasteiger partial charge on any atom is 0.472 e. The highest BCUT2D eigenvalue weighted by molar-refractivity contribution is 7.47. The Bertz CT molecular complexity index is 1340. The van der Waals surface area contributed by atoms with Crippen LogP contribution in [-0.2, 0) is 32.7 Å². The molecule has 0 aromatic carbocycles. The summed E-state index contributed by atoms with van der Waals surface area (Å²) >= 11 is 0. The van der Waals surface area contributed by atoms with Crippen molar-refractivity contribution in [1.82, 2.24) is 5.32 Å². The van der Waals surface area contributed by atoms with Crippen molar-refractivity contribution in [3.8, 4) is 0 Å². The van der Waals surface area contributed by atoms with Crippen molar-refractivity contribution in [2.45, 2.75) is 180 Å². The van der Waals surface area contributed by atoms with Crippen LogP contribution in [0, 0.1) is 0 Å². The van der Waals surface area contributed by atoms with Crippen LogP contribution in [-0.4, -0.2) is 64.9 Å². The van der Waals surface area contributed by atoms with Gasteiger partial charge in [-0.05, 0) is 64.2 Å². The number of hydrogen-bond acceptors (Lipinski definition) is 8. The van der Waals surface area contributed by atoms with E-state index in [4.69, 9.17) is 13.8 Å². The van der Waals surface area contributed by atoms with Gasteiger partial charge in [0.15, 0.2) is 6.04 Å². The van der Waals surface area contributed by atoms with Crippen LogP contribution in [0.2, 0.25) is 0 Å². The van der Waals surface area contributed by atoms with Gasteiger partial charge in [-0.3, -0.25) is 18.6 Å². The molecule has 4 N–H and O–H groups in total. The molecule has 0 aliphatic rings. The summed E-state index contributed by atoms with van der Waals surface area (Å²) in [6.45, 7) is 2.43. The van der Waals surface area contributed by atoms with Gasteiger partial charge < -0.3 is 25.2 Å². The molecular weight excluding hydrogens is 781 g/mol. The summed E-state index contributed by atoms with van der Waals surface area (Å²) in [6.07, 6.45) is 51.9. The van der Waals surface area contributed by atoms with E-state index in [2.05, 4.69) is 92.1 Å². The van der Waals surface area contributed by atoms with Gasteiger partial charge in [-0.25, -0.2) is 9.36 Å². The van der Waals surface area contributed by atoms with Crippen LogP contribution in [0.5, 0.6) is 0 Å². The summed E-state index contributed by atoms with van der Waals surface area (Å²) in [5.41, 5.74) is 0. The van der Waals surface area contributed by atoms with E-state index in [1.165, 1.54) is 57.8 Å². The summed E-state index contributed by atoms with van der Waals surface area (Å²) in [5, 5.41) is 21.8. The van der Waals surface area contributed by atoms with E-state index in [0.29, 0.717) is 19.3 Å².